The van der Waals surface area contributed by atoms with Gasteiger partial charge in [-0.05, 0) is 75.9 Å². The third kappa shape index (κ3) is 3.69. The van der Waals surface area contributed by atoms with Gasteiger partial charge in [0.25, 0.3) is 5.91 Å². The second kappa shape index (κ2) is 9.45. The average Bonchev–Trinajstić information content (AvgIpc) is 3.55. The second-order valence-electron chi connectivity index (χ2n) is 10.4. The zero-order valence-electron chi connectivity index (χ0n) is 23.2. The second-order valence-corrected chi connectivity index (χ2v) is 10.4. The van der Waals surface area contributed by atoms with Crippen molar-refractivity contribution >= 4 is 23.0 Å². The molecule has 1 amide bonds. The summed E-state index contributed by atoms with van der Waals surface area (Å²) in [4.78, 5) is 14.3. The van der Waals surface area contributed by atoms with Gasteiger partial charge in [-0.3, -0.25) is 4.79 Å². The maximum Gasteiger partial charge on any atom is 0.275 e. The van der Waals surface area contributed by atoms with Gasteiger partial charge in [-0.1, -0.05) is 36.4 Å². The fourth-order valence-electron chi connectivity index (χ4n) is 6.07. The quantitative estimate of drug-likeness (QED) is 0.337. The van der Waals surface area contributed by atoms with Crippen molar-refractivity contribution in [1.82, 2.24) is 5.01 Å². The minimum Gasteiger partial charge on any atom is -0.456 e. The number of rotatable bonds is 6. The van der Waals surface area contributed by atoms with Gasteiger partial charge in [0.1, 0.15) is 17.0 Å². The fourth-order valence-corrected chi connectivity index (χ4v) is 6.07. The van der Waals surface area contributed by atoms with Gasteiger partial charge in [-0.15, -0.1) is 0 Å². The summed E-state index contributed by atoms with van der Waals surface area (Å²) in [5, 5.41) is 13.8. The number of aryl methyl sites for hydroxylation is 2. The first-order chi connectivity index (χ1) is 18.9. The molecular formula is C33H34N4O2. The van der Waals surface area contributed by atoms with E-state index < -0.39 is 5.54 Å². The van der Waals surface area contributed by atoms with Gasteiger partial charge in [-0.2, -0.15) is 5.10 Å². The van der Waals surface area contributed by atoms with Crippen LogP contribution in [0.2, 0.25) is 0 Å². The Labute approximate surface area is 230 Å². The van der Waals surface area contributed by atoms with Crippen LogP contribution in [0.25, 0.3) is 0 Å². The molecule has 2 heterocycles. The summed E-state index contributed by atoms with van der Waals surface area (Å²) >= 11 is 0. The van der Waals surface area contributed by atoms with E-state index in [-0.39, 0.29) is 5.91 Å². The molecule has 2 N–H and O–H groups in total. The van der Waals surface area contributed by atoms with E-state index in [9.17, 15) is 4.79 Å². The van der Waals surface area contributed by atoms with Gasteiger partial charge in [0.2, 0.25) is 0 Å². The highest BCUT2D eigenvalue weighted by atomic mass is 16.5. The van der Waals surface area contributed by atoms with Gasteiger partial charge >= 0.3 is 0 Å². The van der Waals surface area contributed by atoms with Crippen LogP contribution in [0.4, 0.5) is 11.4 Å². The van der Waals surface area contributed by atoms with Gasteiger partial charge in [0.05, 0.1) is 5.71 Å². The predicted octanol–water partition coefficient (Wildman–Crippen LogP) is 7.28. The van der Waals surface area contributed by atoms with Crippen LogP contribution in [0.5, 0.6) is 11.5 Å². The predicted molar refractivity (Wildman–Crippen MR) is 158 cm³/mol. The number of amides is 1. The van der Waals surface area contributed by atoms with Crippen LogP contribution in [-0.2, 0) is 5.54 Å². The lowest BCUT2D eigenvalue weighted by atomic mass is 9.74. The number of benzene rings is 3. The lowest BCUT2D eigenvalue weighted by Crippen LogP contribution is -2.45. The number of carbonyl (C=O) groups excluding carboxylic acids is 1. The summed E-state index contributed by atoms with van der Waals surface area (Å²) in [7, 11) is 0. The Morgan fingerprint density at radius 1 is 0.949 bits per heavy atom. The van der Waals surface area contributed by atoms with Crippen molar-refractivity contribution < 1.29 is 9.53 Å². The molecule has 0 saturated heterocycles. The minimum absolute atomic E-state index is 0.114. The Bertz CT molecular complexity index is 1540. The van der Waals surface area contributed by atoms with Crippen molar-refractivity contribution in [3.63, 3.8) is 0 Å². The number of hydrogen-bond acceptors (Lipinski definition) is 5. The van der Waals surface area contributed by atoms with Crippen molar-refractivity contribution in [2.24, 2.45) is 5.10 Å². The highest BCUT2D eigenvalue weighted by molar-refractivity contribution is 6.05. The number of fused-ring (bicyclic) bond motifs is 6. The Kier molecular flexibility index (Phi) is 6.06. The highest BCUT2D eigenvalue weighted by Crippen LogP contribution is 2.59. The van der Waals surface area contributed by atoms with Crippen LogP contribution in [0.15, 0.2) is 77.4 Å². The van der Waals surface area contributed by atoms with E-state index in [2.05, 4.69) is 80.8 Å². The van der Waals surface area contributed by atoms with Gasteiger partial charge in [-0.25, -0.2) is 5.01 Å². The van der Waals surface area contributed by atoms with Crippen LogP contribution in [0.3, 0.4) is 0 Å². The van der Waals surface area contributed by atoms with Crippen LogP contribution >= 0.6 is 0 Å². The van der Waals surface area contributed by atoms with E-state index in [0.717, 1.165) is 81.5 Å². The molecule has 2 aliphatic heterocycles. The van der Waals surface area contributed by atoms with E-state index in [1.165, 1.54) is 0 Å². The molecule has 0 fully saturated rings. The number of hydrogen-bond donors (Lipinski definition) is 2. The lowest BCUT2D eigenvalue weighted by molar-refractivity contribution is 0.0673. The molecule has 0 radical (unpaired) electrons. The number of nitrogens with one attached hydrogen (secondary N) is 2. The van der Waals surface area contributed by atoms with E-state index in [1.807, 2.05) is 31.2 Å². The van der Waals surface area contributed by atoms with Gasteiger partial charge in [0.15, 0.2) is 0 Å². The molecule has 3 aromatic carbocycles. The van der Waals surface area contributed by atoms with E-state index in [4.69, 9.17) is 9.84 Å². The molecule has 39 heavy (non-hydrogen) atoms. The van der Waals surface area contributed by atoms with Crippen LogP contribution in [0.1, 0.15) is 65.4 Å². The molecule has 3 aliphatic rings. The van der Waals surface area contributed by atoms with Crippen molar-refractivity contribution in [3.05, 3.63) is 106 Å². The van der Waals surface area contributed by atoms with Crippen molar-refractivity contribution in [2.45, 2.75) is 46.6 Å². The molecule has 6 nitrogen and oxygen atoms in total. The monoisotopic (exact) mass is 518 g/mol. The molecule has 1 aliphatic carbocycles. The molecular weight excluding hydrogens is 484 g/mol. The normalized spacial score (nSPS) is 16.5. The topological polar surface area (TPSA) is 66.0 Å². The largest absolute Gasteiger partial charge is 0.456 e. The molecule has 3 aromatic rings. The average molecular weight is 519 g/mol. The first kappa shape index (κ1) is 25.0. The van der Waals surface area contributed by atoms with Gasteiger partial charge < -0.3 is 15.4 Å². The summed E-state index contributed by atoms with van der Waals surface area (Å²) in [6.07, 6.45) is 7.04. The maximum atomic E-state index is 14.3. The van der Waals surface area contributed by atoms with Crippen molar-refractivity contribution in [1.29, 1.82) is 0 Å². The summed E-state index contributed by atoms with van der Waals surface area (Å²) < 4.78 is 6.66. The first-order valence-electron chi connectivity index (χ1n) is 13.7. The maximum absolute atomic E-state index is 14.3. The van der Waals surface area contributed by atoms with E-state index in [1.54, 1.807) is 5.01 Å². The van der Waals surface area contributed by atoms with Crippen molar-refractivity contribution in [3.8, 4) is 11.5 Å². The van der Waals surface area contributed by atoms with E-state index >= 15 is 0 Å². The SMILES string of the molecule is CCNc1cc2c(cc1C)C1(c3cc(C)c(NCC)cc3O2)c2ccccc2C(=O)N1/N=C(\C)C1=CC=CC1. The lowest BCUT2D eigenvalue weighted by Gasteiger charge is -2.42. The fraction of sp³-hybridized carbons (Fsp3) is 0.273. The first-order valence-corrected chi connectivity index (χ1v) is 13.7. The summed E-state index contributed by atoms with van der Waals surface area (Å²) in [5.74, 6) is 1.33. The number of hydrazone groups is 1. The van der Waals surface area contributed by atoms with Crippen LogP contribution < -0.4 is 15.4 Å². The molecule has 1 spiro atoms. The zero-order valence-corrected chi connectivity index (χ0v) is 23.2. The number of allylic oxidation sites excluding steroid dienone is 4. The molecule has 6 rings (SSSR count). The Morgan fingerprint density at radius 3 is 2.13 bits per heavy atom. The molecule has 0 unspecified atom stereocenters. The number of nitrogens with zero attached hydrogens (tertiary/aromatic N) is 2. The number of carbonyl (C=O) groups is 1. The van der Waals surface area contributed by atoms with Crippen molar-refractivity contribution in [2.75, 3.05) is 23.7 Å². The molecule has 0 aromatic heterocycles. The zero-order chi connectivity index (χ0) is 27.3. The molecule has 198 valence electrons. The van der Waals surface area contributed by atoms with Crippen LogP contribution in [-0.4, -0.2) is 29.7 Å². The third-order valence-corrected chi connectivity index (χ3v) is 7.93. The Morgan fingerprint density at radius 2 is 1.56 bits per heavy atom. The van der Waals surface area contributed by atoms with E-state index in [0.29, 0.717) is 5.56 Å². The van der Waals surface area contributed by atoms with Crippen LogP contribution in [0, 0.1) is 13.8 Å². The molecule has 6 heteroatoms. The molecule has 0 atom stereocenters. The van der Waals surface area contributed by atoms with Gasteiger partial charge in [0, 0.05) is 58.9 Å². The summed E-state index contributed by atoms with van der Waals surface area (Å²) in [5.41, 5.74) is 8.57. The minimum atomic E-state index is -0.977. The summed E-state index contributed by atoms with van der Waals surface area (Å²) in [6.45, 7) is 11.9. The number of anilines is 2. The molecule has 0 bridgehead atoms. The highest BCUT2D eigenvalue weighted by Gasteiger charge is 2.57. The third-order valence-electron chi connectivity index (χ3n) is 7.93. The standard InChI is InChI=1S/C33H34N4O2/c1-6-34-28-18-30-26(16-20(28)3)33(27-17-21(4)29(35-7-2)19-31(27)39-30)25-15-11-10-14-24(25)32(38)37(33)36-22(5)23-12-8-9-13-23/h8-12,14-19,34-35H,6-7,13H2,1-5H3/b36-22+. The smallest absolute Gasteiger partial charge is 0.275 e. The number of ether oxygens (including phenoxy) is 1. The Hall–Kier alpha value is -4.32. The summed E-state index contributed by atoms with van der Waals surface area (Å²) in [6, 6.07) is 16.4. The molecule has 0 saturated carbocycles. The Balaban J connectivity index is 1.71.